The second-order valence-corrected chi connectivity index (χ2v) is 3.74. The Labute approximate surface area is 67.4 Å². The highest BCUT2D eigenvalue weighted by molar-refractivity contribution is 7.80. The van der Waals surface area contributed by atoms with E-state index < -0.39 is 0 Å². The smallest absolute Gasteiger partial charge is 0.102 e. The molecule has 0 aromatic heterocycles. The van der Waals surface area contributed by atoms with Gasteiger partial charge in [0.15, 0.2) is 0 Å². The van der Waals surface area contributed by atoms with Crippen molar-refractivity contribution in [2.45, 2.75) is 43.7 Å². The second-order valence-electron chi connectivity index (χ2n) is 3.01. The zero-order chi connectivity index (χ0) is 7.56. The van der Waals surface area contributed by atoms with Crippen LogP contribution in [-0.2, 0) is 0 Å². The zero-order valence-electron chi connectivity index (χ0n) is 6.25. The van der Waals surface area contributed by atoms with E-state index in [1.807, 2.05) is 0 Å². The Morgan fingerprint density at radius 1 is 1.60 bits per heavy atom. The van der Waals surface area contributed by atoms with Crippen LogP contribution in [0.1, 0.15) is 26.2 Å². The van der Waals surface area contributed by atoms with Crippen molar-refractivity contribution in [3.63, 3.8) is 0 Å². The van der Waals surface area contributed by atoms with Crippen LogP contribution < -0.4 is 5.32 Å². The molecule has 1 rings (SSSR count). The van der Waals surface area contributed by atoms with E-state index in [1.165, 1.54) is 6.42 Å². The first kappa shape index (κ1) is 8.37. The van der Waals surface area contributed by atoms with Gasteiger partial charge < -0.3 is 5.11 Å². The predicted molar refractivity (Wildman–Crippen MR) is 45.2 cm³/mol. The molecule has 10 heavy (non-hydrogen) atoms. The van der Waals surface area contributed by atoms with Crippen molar-refractivity contribution in [3.8, 4) is 0 Å². The van der Waals surface area contributed by atoms with Crippen molar-refractivity contribution in [1.29, 1.82) is 0 Å². The molecule has 1 aliphatic carbocycles. The minimum Gasteiger partial charge on any atom is -0.379 e. The van der Waals surface area contributed by atoms with Gasteiger partial charge in [0.1, 0.15) is 6.23 Å². The lowest BCUT2D eigenvalue weighted by Gasteiger charge is -2.13. The van der Waals surface area contributed by atoms with Gasteiger partial charge in [-0.05, 0) is 26.2 Å². The van der Waals surface area contributed by atoms with Crippen LogP contribution in [0.3, 0.4) is 0 Å². The first-order valence-corrected chi connectivity index (χ1v) is 4.32. The average molecular weight is 161 g/mol. The van der Waals surface area contributed by atoms with E-state index in [0.29, 0.717) is 11.3 Å². The van der Waals surface area contributed by atoms with Crippen LogP contribution in [0.2, 0.25) is 0 Å². The van der Waals surface area contributed by atoms with Crippen LogP contribution in [0, 0.1) is 0 Å². The summed E-state index contributed by atoms with van der Waals surface area (Å²) >= 11 is 4.35. The van der Waals surface area contributed by atoms with Crippen LogP contribution in [-0.4, -0.2) is 22.6 Å². The summed E-state index contributed by atoms with van der Waals surface area (Å²) < 4.78 is 0. The van der Waals surface area contributed by atoms with E-state index >= 15 is 0 Å². The number of hydrogen-bond donors (Lipinski definition) is 3. The van der Waals surface area contributed by atoms with Gasteiger partial charge in [-0.25, -0.2) is 0 Å². The molecule has 0 saturated heterocycles. The topological polar surface area (TPSA) is 32.3 Å². The molecular weight excluding hydrogens is 146 g/mol. The molecule has 2 N–H and O–H groups in total. The number of nitrogens with one attached hydrogen (secondary N) is 1. The summed E-state index contributed by atoms with van der Waals surface area (Å²) in [4.78, 5) is 0. The summed E-state index contributed by atoms with van der Waals surface area (Å²) in [6.07, 6.45) is 3.05. The first-order chi connectivity index (χ1) is 4.68. The summed E-state index contributed by atoms with van der Waals surface area (Å²) in [5.41, 5.74) is 0. The summed E-state index contributed by atoms with van der Waals surface area (Å²) in [6, 6.07) is 0.488. The predicted octanol–water partition coefficient (Wildman–Crippen LogP) is 0.765. The molecule has 0 radical (unpaired) electrons. The van der Waals surface area contributed by atoms with E-state index in [4.69, 9.17) is 5.11 Å². The molecule has 3 atom stereocenters. The fourth-order valence-corrected chi connectivity index (χ4v) is 1.85. The van der Waals surface area contributed by atoms with Crippen LogP contribution in [0.15, 0.2) is 0 Å². The maximum Gasteiger partial charge on any atom is 0.102 e. The number of aliphatic hydroxyl groups excluding tert-OH is 1. The Bertz CT molecular complexity index is 108. The third-order valence-electron chi connectivity index (χ3n) is 1.88. The lowest BCUT2D eigenvalue weighted by molar-refractivity contribution is 0.141. The lowest BCUT2D eigenvalue weighted by atomic mass is 10.2. The van der Waals surface area contributed by atoms with Gasteiger partial charge in [-0.2, -0.15) is 12.6 Å². The minimum atomic E-state index is -0.372. The summed E-state index contributed by atoms with van der Waals surface area (Å²) in [5, 5.41) is 12.6. The van der Waals surface area contributed by atoms with Gasteiger partial charge in [-0.3, -0.25) is 5.32 Å². The third-order valence-corrected chi connectivity index (χ3v) is 2.35. The van der Waals surface area contributed by atoms with Gasteiger partial charge in [0.2, 0.25) is 0 Å². The van der Waals surface area contributed by atoms with E-state index in [-0.39, 0.29) is 6.23 Å². The van der Waals surface area contributed by atoms with Gasteiger partial charge >= 0.3 is 0 Å². The molecule has 0 aromatic carbocycles. The Kier molecular flexibility index (Phi) is 3.01. The maximum atomic E-state index is 8.96. The molecule has 0 amide bonds. The Balaban J connectivity index is 2.18. The summed E-state index contributed by atoms with van der Waals surface area (Å²) in [7, 11) is 0. The SMILES string of the molecule is CC(O)NC1CCC(S)C1. The standard InChI is InChI=1S/C7H15NOS/c1-5(9)8-6-2-3-7(10)4-6/h5-10H,2-4H2,1H3. The molecule has 2 nitrogen and oxygen atoms in total. The molecular formula is C7H15NOS. The molecule has 0 aromatic rings. The lowest BCUT2D eigenvalue weighted by Crippen LogP contribution is -2.34. The second kappa shape index (κ2) is 3.60. The van der Waals surface area contributed by atoms with E-state index in [2.05, 4.69) is 17.9 Å². The Morgan fingerprint density at radius 3 is 2.70 bits per heavy atom. The highest BCUT2D eigenvalue weighted by atomic mass is 32.1. The number of rotatable bonds is 2. The van der Waals surface area contributed by atoms with Gasteiger partial charge in [0, 0.05) is 11.3 Å². The Hall–Kier alpha value is 0.270. The molecule has 3 heteroatoms. The fourth-order valence-electron chi connectivity index (χ4n) is 1.45. The van der Waals surface area contributed by atoms with Crippen molar-refractivity contribution < 1.29 is 5.11 Å². The highest BCUT2D eigenvalue weighted by Crippen LogP contribution is 2.23. The molecule has 0 heterocycles. The van der Waals surface area contributed by atoms with Crippen LogP contribution in [0.5, 0.6) is 0 Å². The normalized spacial score (nSPS) is 36.3. The van der Waals surface area contributed by atoms with Crippen molar-refractivity contribution >= 4 is 12.6 Å². The minimum absolute atomic E-state index is 0.372. The van der Waals surface area contributed by atoms with Crippen LogP contribution in [0.4, 0.5) is 0 Å². The first-order valence-electron chi connectivity index (χ1n) is 3.80. The fraction of sp³-hybridized carbons (Fsp3) is 1.00. The summed E-state index contributed by atoms with van der Waals surface area (Å²) in [5.74, 6) is 0. The van der Waals surface area contributed by atoms with E-state index in [0.717, 1.165) is 12.8 Å². The van der Waals surface area contributed by atoms with Gasteiger partial charge in [0.25, 0.3) is 0 Å². The summed E-state index contributed by atoms with van der Waals surface area (Å²) in [6.45, 7) is 1.76. The van der Waals surface area contributed by atoms with Gasteiger partial charge in [0.05, 0.1) is 0 Å². The molecule has 1 aliphatic rings. The van der Waals surface area contributed by atoms with Crippen molar-refractivity contribution in [2.24, 2.45) is 0 Å². The highest BCUT2D eigenvalue weighted by Gasteiger charge is 2.21. The monoisotopic (exact) mass is 161 g/mol. The van der Waals surface area contributed by atoms with Crippen molar-refractivity contribution in [2.75, 3.05) is 0 Å². The van der Waals surface area contributed by atoms with Gasteiger partial charge in [-0.1, -0.05) is 0 Å². The molecule has 0 spiro atoms. The molecule has 0 aliphatic heterocycles. The van der Waals surface area contributed by atoms with E-state index in [1.54, 1.807) is 6.92 Å². The number of aliphatic hydroxyl groups is 1. The molecule has 0 bridgehead atoms. The third kappa shape index (κ3) is 2.48. The molecule has 3 unspecified atom stereocenters. The van der Waals surface area contributed by atoms with Crippen LogP contribution >= 0.6 is 12.6 Å². The Morgan fingerprint density at radius 2 is 2.30 bits per heavy atom. The molecule has 1 fully saturated rings. The molecule has 60 valence electrons. The van der Waals surface area contributed by atoms with Crippen molar-refractivity contribution in [3.05, 3.63) is 0 Å². The molecule has 1 saturated carbocycles. The van der Waals surface area contributed by atoms with Crippen LogP contribution in [0.25, 0.3) is 0 Å². The zero-order valence-corrected chi connectivity index (χ0v) is 7.14. The van der Waals surface area contributed by atoms with Gasteiger partial charge in [-0.15, -0.1) is 0 Å². The number of hydrogen-bond acceptors (Lipinski definition) is 3. The maximum absolute atomic E-state index is 8.96. The van der Waals surface area contributed by atoms with E-state index in [9.17, 15) is 0 Å². The quantitative estimate of drug-likeness (QED) is 0.413. The largest absolute Gasteiger partial charge is 0.379 e. The number of thiol groups is 1. The van der Waals surface area contributed by atoms with Crippen molar-refractivity contribution in [1.82, 2.24) is 5.32 Å². The average Bonchev–Trinajstić information content (AvgIpc) is 2.13.